The van der Waals surface area contributed by atoms with Gasteiger partial charge in [-0.15, -0.1) is 11.3 Å². The van der Waals surface area contributed by atoms with Gasteiger partial charge in [-0.25, -0.2) is 0 Å². The van der Waals surface area contributed by atoms with E-state index in [1.165, 1.54) is 35.3 Å². The summed E-state index contributed by atoms with van der Waals surface area (Å²) >= 11 is 1.86. The molecule has 3 rings (SSSR count). The summed E-state index contributed by atoms with van der Waals surface area (Å²) in [6.07, 6.45) is 6.92. The quantitative estimate of drug-likeness (QED) is 0.832. The van der Waals surface area contributed by atoms with E-state index in [-0.39, 0.29) is 0 Å². The van der Waals surface area contributed by atoms with E-state index in [1.807, 2.05) is 23.5 Å². The Bertz CT molecular complexity index is 593. The second-order valence-electron chi connectivity index (χ2n) is 6.33. The molecule has 2 atom stereocenters. The molecule has 0 saturated heterocycles. The first-order valence-corrected chi connectivity index (χ1v) is 9.21. The van der Waals surface area contributed by atoms with Crippen LogP contribution in [0.1, 0.15) is 42.2 Å². The van der Waals surface area contributed by atoms with Crippen LogP contribution in [-0.4, -0.2) is 17.2 Å². The van der Waals surface area contributed by atoms with Crippen LogP contribution in [0.3, 0.4) is 0 Å². The van der Waals surface area contributed by atoms with Crippen molar-refractivity contribution in [3.05, 3.63) is 51.7 Å². The molecule has 1 aromatic carbocycles. The highest BCUT2D eigenvalue weighted by atomic mass is 32.1. The van der Waals surface area contributed by atoms with E-state index >= 15 is 0 Å². The van der Waals surface area contributed by atoms with Gasteiger partial charge >= 0.3 is 0 Å². The molecule has 2 nitrogen and oxygen atoms in total. The van der Waals surface area contributed by atoms with E-state index in [4.69, 9.17) is 0 Å². The smallest absolute Gasteiger partial charge is 0.115 e. The Morgan fingerprint density at radius 2 is 2.23 bits per heavy atom. The molecule has 0 fully saturated rings. The number of thiophene rings is 1. The summed E-state index contributed by atoms with van der Waals surface area (Å²) in [6, 6.07) is 11.3. The molecule has 0 radical (unpaired) electrons. The molecule has 2 N–H and O–H groups in total. The maximum absolute atomic E-state index is 9.69. The van der Waals surface area contributed by atoms with Crippen molar-refractivity contribution in [3.8, 4) is 5.75 Å². The molecule has 118 valence electrons. The molecular formula is C19H25NOS. The van der Waals surface area contributed by atoms with Gasteiger partial charge in [0.2, 0.25) is 0 Å². The third kappa shape index (κ3) is 3.90. The van der Waals surface area contributed by atoms with Crippen LogP contribution in [-0.2, 0) is 19.3 Å². The summed E-state index contributed by atoms with van der Waals surface area (Å²) in [6.45, 7) is 2.26. The minimum Gasteiger partial charge on any atom is -0.508 e. The van der Waals surface area contributed by atoms with E-state index in [2.05, 4.69) is 35.8 Å². The number of rotatable bonds is 6. The number of aryl methyl sites for hydroxylation is 1. The molecule has 2 aromatic rings. The predicted octanol–water partition coefficient (Wildman–Crippen LogP) is 4.31. The summed E-state index contributed by atoms with van der Waals surface area (Å²) < 4.78 is 0. The summed E-state index contributed by atoms with van der Waals surface area (Å²) in [5.41, 5.74) is 2.72. The van der Waals surface area contributed by atoms with Crippen LogP contribution >= 0.6 is 11.3 Å². The van der Waals surface area contributed by atoms with Crippen molar-refractivity contribution in [2.45, 2.75) is 57.5 Å². The number of hydrogen-bond donors (Lipinski definition) is 2. The second-order valence-corrected chi connectivity index (χ2v) is 7.36. The highest BCUT2D eigenvalue weighted by Crippen LogP contribution is 2.26. The summed E-state index contributed by atoms with van der Waals surface area (Å²) in [4.78, 5) is 1.47. The van der Waals surface area contributed by atoms with Gasteiger partial charge in [-0.2, -0.15) is 0 Å². The lowest BCUT2D eigenvalue weighted by Crippen LogP contribution is -2.42. The topological polar surface area (TPSA) is 32.3 Å². The van der Waals surface area contributed by atoms with Gasteiger partial charge in [-0.1, -0.05) is 25.5 Å². The van der Waals surface area contributed by atoms with E-state index in [9.17, 15) is 5.11 Å². The standard InChI is InChI=1S/C19H25NOS/c1-2-4-16(13-19-5-3-10-22-19)20-17-8-6-14-7-9-18(21)12-15(14)11-17/h3,5,7,9-10,12,16-17,20-21H,2,4,6,8,11,13H2,1H3. The van der Waals surface area contributed by atoms with Gasteiger partial charge in [0.05, 0.1) is 0 Å². The molecule has 0 amide bonds. The number of nitrogens with one attached hydrogen (secondary N) is 1. The Hall–Kier alpha value is -1.32. The first-order chi connectivity index (χ1) is 10.7. The van der Waals surface area contributed by atoms with Crippen molar-refractivity contribution in [2.75, 3.05) is 0 Å². The SMILES string of the molecule is CCCC(Cc1cccs1)NC1CCc2ccc(O)cc2C1. The van der Waals surface area contributed by atoms with Crippen LogP contribution in [0.15, 0.2) is 35.7 Å². The maximum atomic E-state index is 9.69. The number of aromatic hydroxyl groups is 1. The summed E-state index contributed by atoms with van der Waals surface area (Å²) in [5, 5.41) is 15.7. The zero-order valence-electron chi connectivity index (χ0n) is 13.2. The number of hydrogen-bond acceptors (Lipinski definition) is 3. The zero-order chi connectivity index (χ0) is 15.4. The lowest BCUT2D eigenvalue weighted by molar-refractivity contribution is 0.374. The molecule has 0 bridgehead atoms. The minimum atomic E-state index is 0.392. The van der Waals surface area contributed by atoms with Gasteiger partial charge < -0.3 is 10.4 Å². The van der Waals surface area contributed by atoms with Gasteiger partial charge in [0.1, 0.15) is 5.75 Å². The van der Waals surface area contributed by atoms with E-state index in [1.54, 1.807) is 0 Å². The fourth-order valence-electron chi connectivity index (χ4n) is 3.48. The first-order valence-electron chi connectivity index (χ1n) is 8.33. The Balaban J connectivity index is 1.63. The van der Waals surface area contributed by atoms with Gasteiger partial charge in [-0.3, -0.25) is 0 Å². The highest BCUT2D eigenvalue weighted by molar-refractivity contribution is 7.09. The molecular weight excluding hydrogens is 290 g/mol. The zero-order valence-corrected chi connectivity index (χ0v) is 14.0. The molecule has 1 aliphatic carbocycles. The number of benzene rings is 1. The van der Waals surface area contributed by atoms with Crippen molar-refractivity contribution < 1.29 is 5.11 Å². The summed E-state index contributed by atoms with van der Waals surface area (Å²) in [7, 11) is 0. The Kier molecular flexibility index (Phi) is 5.16. The molecule has 0 aliphatic heterocycles. The Morgan fingerprint density at radius 1 is 1.32 bits per heavy atom. The Morgan fingerprint density at radius 3 is 3.00 bits per heavy atom. The van der Waals surface area contributed by atoms with E-state index < -0.39 is 0 Å². The molecule has 0 saturated carbocycles. The highest BCUT2D eigenvalue weighted by Gasteiger charge is 2.21. The maximum Gasteiger partial charge on any atom is 0.115 e. The first kappa shape index (κ1) is 15.6. The van der Waals surface area contributed by atoms with Crippen LogP contribution in [0, 0.1) is 0 Å². The Labute approximate surface area is 137 Å². The van der Waals surface area contributed by atoms with Gasteiger partial charge in [0.15, 0.2) is 0 Å². The normalized spacial score (nSPS) is 18.9. The van der Waals surface area contributed by atoms with Crippen LogP contribution in [0.4, 0.5) is 0 Å². The average Bonchev–Trinajstić information content (AvgIpc) is 3.00. The van der Waals surface area contributed by atoms with Gasteiger partial charge in [0.25, 0.3) is 0 Å². The molecule has 2 unspecified atom stereocenters. The van der Waals surface area contributed by atoms with Gasteiger partial charge in [0, 0.05) is 17.0 Å². The fourth-order valence-corrected chi connectivity index (χ4v) is 4.27. The molecule has 1 heterocycles. The van der Waals surface area contributed by atoms with Crippen LogP contribution in [0.25, 0.3) is 0 Å². The monoisotopic (exact) mass is 315 g/mol. The third-order valence-corrected chi connectivity index (χ3v) is 5.45. The van der Waals surface area contributed by atoms with Crippen molar-refractivity contribution >= 4 is 11.3 Å². The predicted molar refractivity (Wildman–Crippen MR) is 93.8 cm³/mol. The van der Waals surface area contributed by atoms with Crippen molar-refractivity contribution in [2.24, 2.45) is 0 Å². The van der Waals surface area contributed by atoms with Crippen molar-refractivity contribution in [3.63, 3.8) is 0 Å². The molecule has 3 heteroatoms. The minimum absolute atomic E-state index is 0.392. The van der Waals surface area contributed by atoms with Crippen LogP contribution < -0.4 is 5.32 Å². The molecule has 0 spiro atoms. The average molecular weight is 315 g/mol. The van der Waals surface area contributed by atoms with E-state index in [0.29, 0.717) is 17.8 Å². The fraction of sp³-hybridized carbons (Fsp3) is 0.474. The van der Waals surface area contributed by atoms with Crippen LogP contribution in [0.2, 0.25) is 0 Å². The molecule has 1 aromatic heterocycles. The summed E-state index contributed by atoms with van der Waals surface area (Å²) in [5.74, 6) is 0.392. The number of phenolic OH excluding ortho intramolecular Hbond substituents is 1. The van der Waals surface area contributed by atoms with Gasteiger partial charge in [-0.05, 0) is 66.8 Å². The van der Waals surface area contributed by atoms with Crippen LogP contribution in [0.5, 0.6) is 5.75 Å². The van der Waals surface area contributed by atoms with E-state index in [0.717, 1.165) is 19.3 Å². The van der Waals surface area contributed by atoms with Crippen molar-refractivity contribution in [1.29, 1.82) is 0 Å². The largest absolute Gasteiger partial charge is 0.508 e. The lowest BCUT2D eigenvalue weighted by atomic mass is 9.87. The third-order valence-electron chi connectivity index (χ3n) is 4.55. The number of fused-ring (bicyclic) bond motifs is 1. The molecule has 22 heavy (non-hydrogen) atoms. The molecule has 1 aliphatic rings. The van der Waals surface area contributed by atoms with Crippen molar-refractivity contribution in [1.82, 2.24) is 5.32 Å². The lowest BCUT2D eigenvalue weighted by Gasteiger charge is -2.30. The second kappa shape index (κ2) is 7.30. The number of phenols is 1.